The summed E-state index contributed by atoms with van der Waals surface area (Å²) in [6.07, 6.45) is 9.58. The number of hydrogen-bond acceptors (Lipinski definition) is 10. The predicted octanol–water partition coefficient (Wildman–Crippen LogP) is 9.78. The van der Waals surface area contributed by atoms with Gasteiger partial charge in [-0.1, -0.05) is 56.1 Å². The molecular weight excluding hydrogens is 800 g/mol. The second kappa shape index (κ2) is 16.9. The monoisotopic (exact) mass is 856 g/mol. The molecular formula is C48H57ClN2O8S. The van der Waals surface area contributed by atoms with Crippen molar-refractivity contribution in [2.45, 2.75) is 107 Å². The summed E-state index contributed by atoms with van der Waals surface area (Å²) in [5, 5.41) is 4.15. The van der Waals surface area contributed by atoms with Gasteiger partial charge in [0.25, 0.3) is 10.1 Å². The van der Waals surface area contributed by atoms with Gasteiger partial charge in [0.2, 0.25) is 0 Å². The molecule has 2 heterocycles. The van der Waals surface area contributed by atoms with E-state index in [2.05, 4.69) is 36.3 Å². The van der Waals surface area contributed by atoms with E-state index < -0.39 is 21.1 Å². The number of nitrogens with zero attached hydrogens (tertiary/aromatic N) is 1. The van der Waals surface area contributed by atoms with Crippen LogP contribution < -0.4 is 19.5 Å². The van der Waals surface area contributed by atoms with Crippen molar-refractivity contribution in [2.24, 2.45) is 17.3 Å². The molecule has 4 aromatic rings. The second-order valence-corrected chi connectivity index (χ2v) is 20.3. The van der Waals surface area contributed by atoms with E-state index in [1.54, 1.807) is 24.3 Å². The van der Waals surface area contributed by atoms with E-state index in [-0.39, 0.29) is 47.9 Å². The van der Waals surface area contributed by atoms with E-state index in [4.69, 9.17) is 34.7 Å². The van der Waals surface area contributed by atoms with Gasteiger partial charge in [0.1, 0.15) is 11.3 Å². The molecule has 1 unspecified atom stereocenters. The molecule has 1 N–H and O–H groups in total. The maximum absolute atomic E-state index is 13.7. The molecule has 8 rings (SSSR count). The molecule has 1 saturated carbocycles. The Morgan fingerprint density at radius 3 is 2.47 bits per heavy atom. The van der Waals surface area contributed by atoms with Crippen molar-refractivity contribution in [1.29, 1.82) is 0 Å². The fourth-order valence-electron chi connectivity index (χ4n) is 10.1. The zero-order chi connectivity index (χ0) is 42.3. The van der Waals surface area contributed by atoms with E-state index in [0.29, 0.717) is 41.9 Å². The number of pyridine rings is 1. The van der Waals surface area contributed by atoms with Gasteiger partial charge in [-0.2, -0.15) is 8.42 Å². The summed E-state index contributed by atoms with van der Waals surface area (Å²) >= 11 is 6.38. The summed E-state index contributed by atoms with van der Waals surface area (Å²) < 4.78 is 56.9. The third kappa shape index (κ3) is 8.46. The Kier molecular flexibility index (Phi) is 11.9. The van der Waals surface area contributed by atoms with Gasteiger partial charge in [-0.25, -0.2) is 4.79 Å². The lowest BCUT2D eigenvalue weighted by Crippen LogP contribution is -2.53. The molecule has 60 heavy (non-hydrogen) atoms. The number of ether oxygens (including phenoxy) is 4. The van der Waals surface area contributed by atoms with Crippen molar-refractivity contribution < 1.29 is 36.3 Å². The van der Waals surface area contributed by atoms with Gasteiger partial charge >= 0.3 is 5.97 Å². The summed E-state index contributed by atoms with van der Waals surface area (Å²) in [5.41, 5.74) is 4.70. The van der Waals surface area contributed by atoms with Crippen molar-refractivity contribution in [3.05, 3.63) is 106 Å². The van der Waals surface area contributed by atoms with Crippen molar-refractivity contribution in [3.8, 4) is 17.2 Å². The van der Waals surface area contributed by atoms with Crippen LogP contribution in [-0.2, 0) is 42.1 Å². The molecule has 3 aromatic carbocycles. The zero-order valence-corrected chi connectivity index (χ0v) is 36.9. The average Bonchev–Trinajstić information content (AvgIpc) is 3.40. The third-order valence-corrected chi connectivity index (χ3v) is 15.1. The Morgan fingerprint density at radius 2 is 1.75 bits per heavy atom. The van der Waals surface area contributed by atoms with Crippen LogP contribution >= 0.6 is 11.6 Å². The number of methoxy groups -OCH3 is 1. The van der Waals surface area contributed by atoms with Crippen molar-refractivity contribution >= 4 is 33.4 Å². The van der Waals surface area contributed by atoms with E-state index in [9.17, 15) is 13.2 Å². The molecule has 12 heteroatoms. The first kappa shape index (κ1) is 42.4. The number of hydrogen-bond donors (Lipinski definition) is 1. The van der Waals surface area contributed by atoms with Gasteiger partial charge < -0.3 is 24.3 Å². The van der Waals surface area contributed by atoms with Crippen LogP contribution in [0.1, 0.15) is 99.6 Å². The molecule has 1 aliphatic heterocycles. The number of nitrogens with one attached hydrogen (secondary N) is 1. The van der Waals surface area contributed by atoms with Crippen molar-refractivity contribution in [3.63, 3.8) is 0 Å². The van der Waals surface area contributed by atoms with Crippen LogP contribution in [0.3, 0.4) is 0 Å². The molecule has 0 saturated heterocycles. The standard InChI is InChI=1S/C48H57ClN2O8S/c1-31-12-14-38(15-13-31)60(53,54)59-30-46(4)28-57-42-24-34-23-35(22-32(2)27-56-41-16-21-50-40-11-6-8-33(3)44(40)41)47(39(34)26-43(42)58-29-46)17-19-48(20-18-47,45(52)55-5)51-37-10-7-9-36(49)25-37/h7,9-10,12-16,21,24-26,32-33,35,51H,6,8,11,17-20,22-23,27-30H2,1-5H3/t32-,33-,35+,46?,47?,48?/m1/s1. The zero-order valence-electron chi connectivity index (χ0n) is 35.4. The first-order chi connectivity index (χ1) is 28.7. The number of rotatable bonds is 12. The maximum Gasteiger partial charge on any atom is 0.331 e. The van der Waals surface area contributed by atoms with E-state index in [1.807, 2.05) is 50.4 Å². The van der Waals surface area contributed by atoms with Gasteiger partial charge in [0.05, 0.1) is 43.8 Å². The Hall–Kier alpha value is -4.32. The molecule has 320 valence electrons. The van der Waals surface area contributed by atoms with Crippen molar-refractivity contribution in [1.82, 2.24) is 4.98 Å². The number of aromatic nitrogens is 1. The number of fused-ring (bicyclic) bond motifs is 4. The Balaban J connectivity index is 1.04. The first-order valence-electron chi connectivity index (χ1n) is 21.3. The largest absolute Gasteiger partial charge is 0.493 e. The van der Waals surface area contributed by atoms with Crippen LogP contribution in [0.5, 0.6) is 17.2 Å². The fourth-order valence-corrected chi connectivity index (χ4v) is 11.4. The van der Waals surface area contributed by atoms with Crippen LogP contribution in [0, 0.1) is 24.2 Å². The third-order valence-electron chi connectivity index (χ3n) is 13.5. The summed E-state index contributed by atoms with van der Waals surface area (Å²) in [5.74, 6) is 2.90. The number of anilines is 1. The Morgan fingerprint density at radius 1 is 1.02 bits per heavy atom. The summed E-state index contributed by atoms with van der Waals surface area (Å²) in [6.45, 7) is 9.30. The quantitative estimate of drug-likeness (QED) is 0.109. The van der Waals surface area contributed by atoms with Gasteiger partial charge in [-0.05, 0) is 148 Å². The second-order valence-electron chi connectivity index (χ2n) is 18.3. The normalized spacial score (nSPS) is 26.4. The molecule has 4 atom stereocenters. The predicted molar refractivity (Wildman–Crippen MR) is 232 cm³/mol. The number of esters is 1. The minimum atomic E-state index is -3.97. The Labute approximate surface area is 359 Å². The van der Waals surface area contributed by atoms with Crippen LogP contribution in [0.2, 0.25) is 5.02 Å². The molecule has 1 spiro atoms. The number of carbonyl (C=O) groups excluding carboxylic acids is 1. The molecule has 10 nitrogen and oxygen atoms in total. The highest BCUT2D eigenvalue weighted by molar-refractivity contribution is 7.86. The molecule has 3 aliphatic carbocycles. The molecule has 1 fully saturated rings. The molecule has 0 bridgehead atoms. The van der Waals surface area contributed by atoms with Crippen molar-refractivity contribution in [2.75, 3.05) is 38.9 Å². The topological polar surface area (TPSA) is 122 Å². The molecule has 4 aliphatic rings. The highest BCUT2D eigenvalue weighted by atomic mass is 35.5. The highest BCUT2D eigenvalue weighted by Gasteiger charge is 2.55. The number of benzene rings is 3. The molecule has 1 aromatic heterocycles. The lowest BCUT2D eigenvalue weighted by atomic mass is 9.59. The van der Waals surface area contributed by atoms with Crippen LogP contribution in [0.4, 0.5) is 5.69 Å². The number of carbonyl (C=O) groups is 1. The minimum Gasteiger partial charge on any atom is -0.493 e. The highest BCUT2D eigenvalue weighted by Crippen LogP contribution is 2.58. The summed E-state index contributed by atoms with van der Waals surface area (Å²) in [7, 11) is -2.52. The van der Waals surface area contributed by atoms with Crippen LogP contribution in [-0.4, -0.2) is 58.4 Å². The fraction of sp³-hybridized carbons (Fsp3) is 0.500. The summed E-state index contributed by atoms with van der Waals surface area (Å²) in [6, 6.07) is 20.4. The number of halogens is 1. The van der Waals surface area contributed by atoms with Gasteiger partial charge in [0, 0.05) is 28.2 Å². The lowest BCUT2D eigenvalue weighted by Gasteiger charge is -2.47. The molecule has 0 radical (unpaired) electrons. The maximum atomic E-state index is 13.7. The van der Waals surface area contributed by atoms with Gasteiger partial charge in [-0.15, -0.1) is 0 Å². The van der Waals surface area contributed by atoms with E-state index in [0.717, 1.165) is 67.6 Å². The molecule has 0 amide bonds. The lowest BCUT2D eigenvalue weighted by molar-refractivity contribution is -0.148. The van der Waals surface area contributed by atoms with E-state index in [1.165, 1.54) is 23.8 Å². The summed E-state index contributed by atoms with van der Waals surface area (Å²) in [4.78, 5) is 18.5. The van der Waals surface area contributed by atoms with Crippen LogP contribution in [0.15, 0.2) is 77.8 Å². The number of aryl methyl sites for hydroxylation is 2. The Bertz CT molecular complexity index is 2330. The minimum absolute atomic E-state index is 0.0979. The SMILES string of the molecule is COC(=O)C1(Nc2cccc(Cl)c2)CCC2(CC1)c1cc3c(cc1C[C@@H]2C[C@@H](C)COc1ccnc2c1[C@H](C)CCC2)OCC(C)(COS(=O)(=O)c1ccc(C)cc1)CO3. The van der Waals surface area contributed by atoms with E-state index >= 15 is 0 Å². The smallest absolute Gasteiger partial charge is 0.331 e. The van der Waals surface area contributed by atoms with Crippen LogP contribution in [0.25, 0.3) is 0 Å². The van der Waals surface area contributed by atoms with Gasteiger partial charge in [-0.3, -0.25) is 9.17 Å². The average molecular weight is 858 g/mol. The first-order valence-corrected chi connectivity index (χ1v) is 23.1. The van der Waals surface area contributed by atoms with Gasteiger partial charge in [0.15, 0.2) is 11.5 Å².